The molecule has 0 N–H and O–H groups in total. The van der Waals surface area contributed by atoms with E-state index in [-0.39, 0.29) is 53.2 Å². The van der Waals surface area contributed by atoms with E-state index >= 15 is 0 Å². The largest absolute Gasteiger partial charge is 3.00 e. The maximum atomic E-state index is 10.5. The molecule has 0 saturated carbocycles. The van der Waals surface area contributed by atoms with E-state index in [0.29, 0.717) is 16.7 Å². The summed E-state index contributed by atoms with van der Waals surface area (Å²) in [5.41, 5.74) is 4.65. The molecular formula is C27H33Al2O9P3. The van der Waals surface area contributed by atoms with Gasteiger partial charge in [-0.2, -0.15) is 0 Å². The smallest absolute Gasteiger partial charge is 0.810 e. The Balaban J connectivity index is 0. The molecule has 0 amide bonds. The zero-order valence-electron chi connectivity index (χ0n) is 23.3. The van der Waals surface area contributed by atoms with E-state index in [1.165, 1.54) is 0 Å². The Morgan fingerprint density at radius 3 is 0.732 bits per heavy atom. The predicted octanol–water partition coefficient (Wildman–Crippen LogP) is 1.23. The molecule has 0 aliphatic rings. The second kappa shape index (κ2) is 20.2. The van der Waals surface area contributed by atoms with E-state index < -0.39 is 22.8 Å². The summed E-state index contributed by atoms with van der Waals surface area (Å²) < 4.78 is 31.6. The van der Waals surface area contributed by atoms with Crippen molar-refractivity contribution >= 4 is 57.5 Å². The molecule has 3 aromatic rings. The van der Waals surface area contributed by atoms with Crippen molar-refractivity contribution in [3.63, 3.8) is 0 Å². The van der Waals surface area contributed by atoms with Crippen molar-refractivity contribution in [2.75, 3.05) is 0 Å². The average molecular weight is 648 g/mol. The van der Waals surface area contributed by atoms with Gasteiger partial charge in [0.25, 0.3) is 0 Å². The van der Waals surface area contributed by atoms with Gasteiger partial charge in [-0.3, -0.25) is 0 Å². The van der Waals surface area contributed by atoms with Gasteiger partial charge in [-0.05, 0) is 52.6 Å². The predicted molar refractivity (Wildman–Crippen MR) is 153 cm³/mol. The fraction of sp³-hybridized carbons (Fsp3) is 0.333. The molecule has 0 radical (unpaired) electrons. The number of hydrogen-bond acceptors (Lipinski definition) is 9. The van der Waals surface area contributed by atoms with Crippen molar-refractivity contribution in [3.05, 3.63) is 106 Å². The van der Waals surface area contributed by atoms with E-state index in [9.17, 15) is 43.1 Å². The molecule has 0 aliphatic heterocycles. The SMILES string of the molecule is CCc1ccccc1CP(=O)([O-])[O-].CCc1ccccc1CP(=O)([O-])[O-].CCc1ccccc1CP(=O)([O-])[O-].[Al+3].[Al+3]. The average Bonchev–Trinajstić information content (AvgIpc) is 2.83. The van der Waals surface area contributed by atoms with E-state index in [4.69, 9.17) is 0 Å². The summed E-state index contributed by atoms with van der Waals surface area (Å²) in [6.45, 7) is 5.79. The Labute approximate surface area is 264 Å². The van der Waals surface area contributed by atoms with E-state index in [1.807, 2.05) is 57.2 Å². The Morgan fingerprint density at radius 1 is 0.415 bits per heavy atom. The monoisotopic (exact) mass is 648 g/mol. The summed E-state index contributed by atoms with van der Waals surface area (Å²) in [4.78, 5) is 63.2. The summed E-state index contributed by atoms with van der Waals surface area (Å²) in [6.07, 6.45) is 1.10. The third kappa shape index (κ3) is 19.1. The Morgan fingerprint density at radius 2 is 0.585 bits per heavy atom. The van der Waals surface area contributed by atoms with Gasteiger partial charge in [0.1, 0.15) is 0 Å². The van der Waals surface area contributed by atoms with Gasteiger partial charge in [-0.15, -0.1) is 0 Å². The van der Waals surface area contributed by atoms with Crippen LogP contribution in [0.25, 0.3) is 0 Å². The van der Waals surface area contributed by atoms with Crippen LogP contribution in [-0.2, 0) is 51.4 Å². The molecule has 0 aromatic heterocycles. The number of benzene rings is 3. The van der Waals surface area contributed by atoms with E-state index in [0.717, 1.165) is 36.0 Å². The van der Waals surface area contributed by atoms with Gasteiger partial charge in [0.2, 0.25) is 0 Å². The first kappa shape index (κ1) is 42.3. The van der Waals surface area contributed by atoms with Gasteiger partial charge in [-0.1, -0.05) is 116 Å². The molecule has 0 atom stereocenters. The minimum atomic E-state index is -4.43. The van der Waals surface area contributed by atoms with Crippen LogP contribution in [0.2, 0.25) is 0 Å². The molecule has 216 valence electrons. The van der Waals surface area contributed by atoms with Crippen molar-refractivity contribution < 1.29 is 43.1 Å². The first-order chi connectivity index (χ1) is 18.1. The van der Waals surface area contributed by atoms with Gasteiger partial charge in [0, 0.05) is 18.5 Å². The van der Waals surface area contributed by atoms with Crippen LogP contribution in [0.3, 0.4) is 0 Å². The summed E-state index contributed by atoms with van der Waals surface area (Å²) in [5, 5.41) is 0. The summed E-state index contributed by atoms with van der Waals surface area (Å²) in [6, 6.07) is 21.3. The number of hydrogen-bond donors (Lipinski definition) is 0. The molecule has 0 saturated heterocycles. The molecule has 0 bridgehead atoms. The van der Waals surface area contributed by atoms with Crippen LogP contribution in [0.1, 0.15) is 54.2 Å². The first-order valence-corrected chi connectivity index (χ1v) is 17.5. The van der Waals surface area contributed by atoms with Crippen LogP contribution in [0.4, 0.5) is 0 Å². The molecule has 3 rings (SSSR count). The first-order valence-electron chi connectivity index (χ1n) is 12.3. The second-order valence-electron chi connectivity index (χ2n) is 8.67. The molecular weight excluding hydrogens is 615 g/mol. The Kier molecular flexibility index (Phi) is 20.8. The molecule has 0 unspecified atom stereocenters. The van der Waals surface area contributed by atoms with Crippen LogP contribution in [0.5, 0.6) is 0 Å². The van der Waals surface area contributed by atoms with Crippen molar-refractivity contribution in [3.8, 4) is 0 Å². The Hall–Kier alpha value is -0.825. The topological polar surface area (TPSA) is 190 Å². The number of aryl methyl sites for hydroxylation is 3. The van der Waals surface area contributed by atoms with Crippen molar-refractivity contribution in [1.29, 1.82) is 0 Å². The fourth-order valence-electron chi connectivity index (χ4n) is 3.80. The molecule has 0 fully saturated rings. The van der Waals surface area contributed by atoms with Crippen molar-refractivity contribution in [2.45, 2.75) is 58.5 Å². The molecule has 14 heteroatoms. The van der Waals surface area contributed by atoms with Crippen molar-refractivity contribution in [1.82, 2.24) is 0 Å². The molecule has 9 nitrogen and oxygen atoms in total. The zero-order chi connectivity index (χ0) is 29.7. The zero-order valence-corrected chi connectivity index (χ0v) is 28.3. The maximum absolute atomic E-state index is 10.5. The molecule has 0 spiro atoms. The Bertz CT molecular complexity index is 1160. The van der Waals surface area contributed by atoms with Crippen molar-refractivity contribution in [2.24, 2.45) is 0 Å². The van der Waals surface area contributed by atoms with Crippen LogP contribution in [0.15, 0.2) is 72.8 Å². The molecule has 0 aliphatic carbocycles. The fourth-order valence-corrected chi connectivity index (χ4v) is 5.97. The standard InChI is InChI=1S/3C9H13O3P.2Al/c3*1-2-8-5-3-4-6-9(8)7-13(10,11)12;;/h3*3-6H,2,7H2,1H3,(H2,10,11,12);;/q;;;2*+3/p-6. The second-order valence-corrected chi connectivity index (χ2v) is 13.3. The van der Waals surface area contributed by atoms with Crippen LogP contribution in [0, 0.1) is 0 Å². The van der Waals surface area contributed by atoms with Crippen LogP contribution in [-0.4, -0.2) is 34.7 Å². The third-order valence-corrected chi connectivity index (χ3v) is 7.77. The molecule has 0 heterocycles. The van der Waals surface area contributed by atoms with E-state index in [2.05, 4.69) is 0 Å². The van der Waals surface area contributed by atoms with Gasteiger partial charge >= 0.3 is 34.7 Å². The quantitative estimate of drug-likeness (QED) is 0.243. The number of rotatable bonds is 9. The van der Waals surface area contributed by atoms with Gasteiger partial charge in [-0.25, -0.2) is 0 Å². The minimum absolute atomic E-state index is 0. The van der Waals surface area contributed by atoms with Gasteiger partial charge in [0.05, 0.1) is 0 Å². The summed E-state index contributed by atoms with van der Waals surface area (Å²) in [5.74, 6) is 0. The normalized spacial score (nSPS) is 11.0. The maximum Gasteiger partial charge on any atom is 3.00 e. The van der Waals surface area contributed by atoms with Gasteiger partial charge < -0.3 is 43.1 Å². The summed E-state index contributed by atoms with van der Waals surface area (Å²) >= 11 is 0. The van der Waals surface area contributed by atoms with Gasteiger partial charge in [0.15, 0.2) is 0 Å². The third-order valence-electron chi connectivity index (χ3n) is 5.59. The minimum Gasteiger partial charge on any atom is -0.810 e. The van der Waals surface area contributed by atoms with Crippen LogP contribution < -0.4 is 29.4 Å². The van der Waals surface area contributed by atoms with Crippen LogP contribution >= 0.6 is 22.8 Å². The molecule has 41 heavy (non-hydrogen) atoms. The molecule has 3 aromatic carbocycles. The summed E-state index contributed by atoms with van der Waals surface area (Å²) in [7, 11) is -13.3. The van der Waals surface area contributed by atoms with E-state index in [1.54, 1.807) is 36.4 Å².